The number of rotatable bonds is 68. The molecule has 0 aliphatic rings. The summed E-state index contributed by atoms with van der Waals surface area (Å²) in [6, 6.07) is 0. The summed E-state index contributed by atoms with van der Waals surface area (Å²) >= 11 is 0. The van der Waals surface area contributed by atoms with E-state index in [0.29, 0.717) is 19.3 Å². The number of allylic oxidation sites excluding steroid dienone is 4. The molecule has 472 valence electrons. The zero-order chi connectivity index (χ0) is 57.8. The Hall–Kier alpha value is -2.11. The summed E-state index contributed by atoms with van der Waals surface area (Å²) in [5.74, 6) is -0.843. The Morgan fingerprint density at radius 2 is 0.450 bits per heavy atom. The van der Waals surface area contributed by atoms with Gasteiger partial charge in [0.05, 0.1) is 0 Å². The van der Waals surface area contributed by atoms with E-state index in [4.69, 9.17) is 14.2 Å². The van der Waals surface area contributed by atoms with Gasteiger partial charge in [0.1, 0.15) is 13.2 Å². The summed E-state index contributed by atoms with van der Waals surface area (Å²) in [5.41, 5.74) is 0. The van der Waals surface area contributed by atoms with E-state index in [1.165, 1.54) is 308 Å². The van der Waals surface area contributed by atoms with E-state index >= 15 is 0 Å². The minimum Gasteiger partial charge on any atom is -0.462 e. The average molecular weight is 1130 g/mol. The van der Waals surface area contributed by atoms with Gasteiger partial charge in [-0.05, 0) is 51.4 Å². The highest BCUT2D eigenvalue weighted by Crippen LogP contribution is 2.19. The van der Waals surface area contributed by atoms with Gasteiger partial charge in [-0.3, -0.25) is 14.4 Å². The molecule has 0 saturated heterocycles. The lowest BCUT2D eigenvalue weighted by atomic mass is 10.0. The first-order chi connectivity index (χ1) is 39.5. The summed E-state index contributed by atoms with van der Waals surface area (Å²) in [4.78, 5) is 38.2. The molecule has 0 amide bonds. The molecule has 6 heteroatoms. The Kier molecular flexibility index (Phi) is 67.6. The molecule has 0 aromatic carbocycles. The van der Waals surface area contributed by atoms with Crippen LogP contribution in [0.5, 0.6) is 0 Å². The zero-order valence-corrected chi connectivity index (χ0v) is 54.4. The van der Waals surface area contributed by atoms with Crippen LogP contribution in [-0.4, -0.2) is 37.2 Å². The van der Waals surface area contributed by atoms with Crippen molar-refractivity contribution in [3.05, 3.63) is 24.3 Å². The van der Waals surface area contributed by atoms with Gasteiger partial charge in [-0.25, -0.2) is 0 Å². The van der Waals surface area contributed by atoms with Crippen LogP contribution in [0.15, 0.2) is 24.3 Å². The lowest BCUT2D eigenvalue weighted by Gasteiger charge is -2.18. The van der Waals surface area contributed by atoms with Crippen LogP contribution in [0.4, 0.5) is 0 Å². The van der Waals surface area contributed by atoms with Crippen LogP contribution in [0.2, 0.25) is 0 Å². The van der Waals surface area contributed by atoms with Crippen molar-refractivity contribution >= 4 is 17.9 Å². The monoisotopic (exact) mass is 1130 g/mol. The summed E-state index contributed by atoms with van der Waals surface area (Å²) in [5, 5.41) is 0. The third kappa shape index (κ3) is 66.7. The van der Waals surface area contributed by atoms with Crippen LogP contribution in [0.25, 0.3) is 0 Å². The maximum atomic E-state index is 12.9. The molecule has 1 unspecified atom stereocenters. The Balaban J connectivity index is 4.02. The van der Waals surface area contributed by atoms with E-state index in [1.54, 1.807) is 0 Å². The van der Waals surface area contributed by atoms with Crippen LogP contribution in [0.1, 0.15) is 412 Å². The molecular formula is C74H140O6. The number of carbonyl (C=O) groups is 3. The summed E-state index contributed by atoms with van der Waals surface area (Å²) in [7, 11) is 0. The smallest absolute Gasteiger partial charge is 0.306 e. The highest BCUT2D eigenvalue weighted by atomic mass is 16.6. The van der Waals surface area contributed by atoms with Gasteiger partial charge in [-0.2, -0.15) is 0 Å². The molecule has 0 aromatic heterocycles. The molecule has 80 heavy (non-hydrogen) atoms. The fourth-order valence-electron chi connectivity index (χ4n) is 11.2. The van der Waals surface area contributed by atoms with Crippen LogP contribution >= 0.6 is 0 Å². The fraction of sp³-hybridized carbons (Fsp3) is 0.905. The number of hydrogen-bond donors (Lipinski definition) is 0. The van der Waals surface area contributed by atoms with Crippen molar-refractivity contribution in [3.8, 4) is 0 Å². The van der Waals surface area contributed by atoms with Gasteiger partial charge in [0.25, 0.3) is 0 Å². The summed E-state index contributed by atoms with van der Waals surface area (Å²) in [6.45, 7) is 6.68. The predicted molar refractivity (Wildman–Crippen MR) is 349 cm³/mol. The van der Waals surface area contributed by atoms with Gasteiger partial charge in [0.15, 0.2) is 6.10 Å². The maximum absolute atomic E-state index is 12.9. The standard InChI is InChI=1S/C74H140O6/c1-4-7-10-13-16-19-21-23-25-27-29-31-33-34-35-36-37-38-39-40-42-43-45-47-49-51-53-55-58-61-64-67-73(76)79-70-71(69-78-72(75)66-63-60-57-18-15-12-9-6-3)80-74(77)68-65-62-59-56-54-52-50-48-46-44-41-32-30-28-26-24-22-20-17-14-11-8-5-2/h22,24,28,30,71H,4-21,23,25-27,29,31-70H2,1-3H3/b24-22-,30-28-. The van der Waals surface area contributed by atoms with Gasteiger partial charge < -0.3 is 14.2 Å². The number of carbonyl (C=O) groups excluding carboxylic acids is 3. The first-order valence-electron chi connectivity index (χ1n) is 36.3. The molecule has 0 aromatic rings. The van der Waals surface area contributed by atoms with E-state index in [2.05, 4.69) is 45.1 Å². The Labute approximate surface area is 500 Å². The third-order valence-electron chi connectivity index (χ3n) is 16.7. The second-order valence-electron chi connectivity index (χ2n) is 24.9. The van der Waals surface area contributed by atoms with Gasteiger partial charge in [-0.1, -0.05) is 366 Å². The first-order valence-corrected chi connectivity index (χ1v) is 36.3. The highest BCUT2D eigenvalue weighted by molar-refractivity contribution is 5.71. The van der Waals surface area contributed by atoms with Crippen LogP contribution < -0.4 is 0 Å². The molecule has 0 N–H and O–H groups in total. The minimum atomic E-state index is -0.768. The van der Waals surface area contributed by atoms with Crippen molar-refractivity contribution in [3.63, 3.8) is 0 Å². The Morgan fingerprint density at radius 3 is 0.688 bits per heavy atom. The van der Waals surface area contributed by atoms with Gasteiger partial charge >= 0.3 is 17.9 Å². The largest absolute Gasteiger partial charge is 0.462 e. The van der Waals surface area contributed by atoms with E-state index in [-0.39, 0.29) is 31.1 Å². The molecule has 0 aliphatic heterocycles. The van der Waals surface area contributed by atoms with E-state index in [1.807, 2.05) is 0 Å². The minimum absolute atomic E-state index is 0.0660. The zero-order valence-electron chi connectivity index (χ0n) is 54.4. The molecular weight excluding hydrogens is 985 g/mol. The third-order valence-corrected chi connectivity index (χ3v) is 16.7. The molecule has 0 fully saturated rings. The first kappa shape index (κ1) is 77.9. The molecule has 0 spiro atoms. The van der Waals surface area contributed by atoms with E-state index in [0.717, 1.165) is 64.2 Å². The summed E-state index contributed by atoms with van der Waals surface area (Å²) < 4.78 is 16.9. The van der Waals surface area contributed by atoms with Gasteiger partial charge in [-0.15, -0.1) is 0 Å². The normalized spacial score (nSPS) is 12.1. The topological polar surface area (TPSA) is 78.9 Å². The van der Waals surface area contributed by atoms with E-state index < -0.39 is 6.10 Å². The molecule has 0 heterocycles. The molecule has 0 bridgehead atoms. The molecule has 0 saturated carbocycles. The van der Waals surface area contributed by atoms with Crippen molar-refractivity contribution in [1.29, 1.82) is 0 Å². The van der Waals surface area contributed by atoms with Crippen LogP contribution in [0.3, 0.4) is 0 Å². The van der Waals surface area contributed by atoms with E-state index in [9.17, 15) is 14.4 Å². The lowest BCUT2D eigenvalue weighted by molar-refractivity contribution is -0.167. The second-order valence-corrected chi connectivity index (χ2v) is 24.9. The number of hydrogen-bond acceptors (Lipinski definition) is 6. The molecule has 0 rings (SSSR count). The summed E-state index contributed by atoms with van der Waals surface area (Å²) in [6.07, 6.45) is 85.3. The quantitative estimate of drug-likeness (QED) is 0.0261. The molecule has 1 atom stereocenters. The lowest BCUT2D eigenvalue weighted by Crippen LogP contribution is -2.30. The van der Waals surface area contributed by atoms with Crippen molar-refractivity contribution < 1.29 is 28.6 Å². The Morgan fingerprint density at radius 1 is 0.250 bits per heavy atom. The van der Waals surface area contributed by atoms with Crippen LogP contribution in [0, 0.1) is 0 Å². The van der Waals surface area contributed by atoms with Gasteiger partial charge in [0.2, 0.25) is 0 Å². The van der Waals surface area contributed by atoms with Crippen LogP contribution in [-0.2, 0) is 28.6 Å². The molecule has 0 aliphatic carbocycles. The number of unbranched alkanes of at least 4 members (excludes halogenated alkanes) is 53. The highest BCUT2D eigenvalue weighted by Gasteiger charge is 2.19. The Bertz CT molecular complexity index is 1290. The predicted octanol–water partition coefficient (Wildman–Crippen LogP) is 25.0. The number of ether oxygens (including phenoxy) is 3. The van der Waals surface area contributed by atoms with Crippen molar-refractivity contribution in [1.82, 2.24) is 0 Å². The maximum Gasteiger partial charge on any atom is 0.306 e. The second kappa shape index (κ2) is 69.4. The number of esters is 3. The average Bonchev–Trinajstić information content (AvgIpc) is 3.46. The molecule has 0 radical (unpaired) electrons. The fourth-order valence-corrected chi connectivity index (χ4v) is 11.2. The molecule has 6 nitrogen and oxygen atoms in total. The SMILES string of the molecule is CCCCCCC/C=C\C/C=C\CCCCCCCCCCCCCC(=O)OC(COC(=O)CCCCCCCCCC)COC(=O)CCCCCCCCCCCCCCCCCCCCCCCCCCCCCCCCC. The van der Waals surface area contributed by atoms with Gasteiger partial charge in [0, 0.05) is 19.3 Å². The van der Waals surface area contributed by atoms with Crippen molar-refractivity contribution in [2.75, 3.05) is 13.2 Å². The van der Waals surface area contributed by atoms with Crippen molar-refractivity contribution in [2.45, 2.75) is 419 Å². The van der Waals surface area contributed by atoms with Crippen molar-refractivity contribution in [2.24, 2.45) is 0 Å².